The van der Waals surface area contributed by atoms with Crippen LogP contribution in [-0.4, -0.2) is 49.4 Å². The first kappa shape index (κ1) is 28.5. The van der Waals surface area contributed by atoms with Gasteiger partial charge in [0.25, 0.3) is 0 Å². The fraction of sp³-hybridized carbons (Fsp3) is 0.267. The molecule has 9 nitrogen and oxygen atoms in total. The van der Waals surface area contributed by atoms with Crippen LogP contribution in [-0.2, 0) is 4.79 Å². The van der Waals surface area contributed by atoms with Crippen LogP contribution in [0.4, 0.5) is 4.79 Å². The van der Waals surface area contributed by atoms with Gasteiger partial charge < -0.3 is 25.4 Å². The average Bonchev–Trinajstić information content (AvgIpc) is 3.33. The molecule has 0 aliphatic carbocycles. The lowest BCUT2D eigenvalue weighted by Crippen LogP contribution is -2.50. The van der Waals surface area contributed by atoms with Crippen LogP contribution in [0.15, 0.2) is 66.7 Å². The minimum Gasteiger partial charge on any atom is -0.493 e. The number of amides is 3. The van der Waals surface area contributed by atoms with Gasteiger partial charge in [-0.15, -0.1) is 0 Å². The predicted octanol–water partition coefficient (Wildman–Crippen LogP) is 4.45. The number of hydrogen-bond acceptors (Lipinski definition) is 6. The van der Waals surface area contributed by atoms with Crippen molar-refractivity contribution < 1.29 is 23.9 Å². The van der Waals surface area contributed by atoms with Gasteiger partial charge in [-0.25, -0.2) is 4.79 Å². The van der Waals surface area contributed by atoms with Gasteiger partial charge in [-0.2, -0.15) is 5.26 Å². The van der Waals surface area contributed by atoms with E-state index in [0.717, 1.165) is 0 Å². The Morgan fingerprint density at radius 1 is 0.975 bits per heavy atom. The summed E-state index contributed by atoms with van der Waals surface area (Å²) in [6.45, 7) is 2.05. The number of ketones is 1. The molecule has 4 unspecified atom stereocenters. The molecule has 206 valence electrons. The summed E-state index contributed by atoms with van der Waals surface area (Å²) in [4.78, 5) is 42.5. The summed E-state index contributed by atoms with van der Waals surface area (Å²) in [6.07, 6.45) is 0. The first-order chi connectivity index (χ1) is 19.2. The number of halogens is 1. The Balaban J connectivity index is 2.00. The van der Waals surface area contributed by atoms with E-state index in [1.54, 1.807) is 73.7 Å². The fourth-order valence-electron chi connectivity index (χ4n) is 5.41. The lowest BCUT2D eigenvalue weighted by Gasteiger charge is -2.30. The van der Waals surface area contributed by atoms with E-state index in [1.165, 1.54) is 19.1 Å². The van der Waals surface area contributed by atoms with Gasteiger partial charge >= 0.3 is 6.03 Å². The summed E-state index contributed by atoms with van der Waals surface area (Å²) in [6, 6.07) is 17.6. The molecule has 0 spiro atoms. The summed E-state index contributed by atoms with van der Waals surface area (Å²) in [5.74, 6) is -2.00. The Morgan fingerprint density at radius 2 is 1.60 bits per heavy atom. The lowest BCUT2D eigenvalue weighted by atomic mass is 9.76. The molecule has 10 heteroatoms. The largest absolute Gasteiger partial charge is 0.493 e. The molecular formula is C30H29ClN4O5. The van der Waals surface area contributed by atoms with Crippen molar-refractivity contribution >= 4 is 29.3 Å². The molecule has 3 N–H and O–H groups in total. The number of nitrogens with one attached hydrogen (secondary N) is 1. The smallest absolute Gasteiger partial charge is 0.318 e. The van der Waals surface area contributed by atoms with Crippen LogP contribution in [0, 0.1) is 17.2 Å². The fourth-order valence-corrected chi connectivity index (χ4v) is 5.53. The number of rotatable bonds is 8. The van der Waals surface area contributed by atoms with Gasteiger partial charge in [0, 0.05) is 23.0 Å². The zero-order valence-electron chi connectivity index (χ0n) is 22.3. The Bertz CT molecular complexity index is 1450. The van der Waals surface area contributed by atoms with E-state index in [9.17, 15) is 19.6 Å². The van der Waals surface area contributed by atoms with E-state index in [1.807, 2.05) is 6.07 Å². The summed E-state index contributed by atoms with van der Waals surface area (Å²) in [5.41, 5.74) is 7.90. The number of Topliss-reactive ketones (excluding diaryl/α,β-unsaturated/α-hetero) is 1. The number of urea groups is 1. The molecule has 0 radical (unpaired) electrons. The molecule has 1 aliphatic rings. The summed E-state index contributed by atoms with van der Waals surface area (Å²) < 4.78 is 10.9. The highest BCUT2D eigenvalue weighted by Crippen LogP contribution is 2.52. The third-order valence-electron chi connectivity index (χ3n) is 7.13. The van der Waals surface area contributed by atoms with Crippen molar-refractivity contribution in [3.8, 4) is 17.6 Å². The molecule has 3 aromatic carbocycles. The number of carbonyl (C=O) groups is 3. The molecule has 4 atom stereocenters. The number of nitrogens with two attached hydrogens (primary N) is 1. The van der Waals surface area contributed by atoms with Gasteiger partial charge in [0.15, 0.2) is 17.3 Å². The van der Waals surface area contributed by atoms with Crippen molar-refractivity contribution in [3.63, 3.8) is 0 Å². The first-order valence-electron chi connectivity index (χ1n) is 12.6. The highest BCUT2D eigenvalue weighted by atomic mass is 35.5. The second kappa shape index (κ2) is 12.1. The van der Waals surface area contributed by atoms with Gasteiger partial charge in [0.1, 0.15) is 6.04 Å². The number of nitriles is 1. The van der Waals surface area contributed by atoms with E-state index in [4.69, 9.17) is 26.8 Å². The maximum atomic E-state index is 14.4. The molecule has 40 heavy (non-hydrogen) atoms. The molecule has 4 rings (SSSR count). The Morgan fingerprint density at radius 3 is 2.15 bits per heavy atom. The first-order valence-corrected chi connectivity index (χ1v) is 13.0. The molecule has 3 amide bonds. The van der Waals surface area contributed by atoms with Crippen molar-refractivity contribution in [2.75, 3.05) is 20.8 Å². The highest BCUT2D eigenvalue weighted by molar-refractivity contribution is 6.30. The summed E-state index contributed by atoms with van der Waals surface area (Å²) in [7, 11) is 2.99. The molecular weight excluding hydrogens is 532 g/mol. The van der Waals surface area contributed by atoms with Crippen molar-refractivity contribution in [1.29, 1.82) is 5.26 Å². The highest BCUT2D eigenvalue weighted by Gasteiger charge is 2.57. The number of primary amides is 1. The Labute approximate surface area is 237 Å². The number of ether oxygens (including phenoxy) is 2. The van der Waals surface area contributed by atoms with Crippen LogP contribution in [0.3, 0.4) is 0 Å². The van der Waals surface area contributed by atoms with Crippen LogP contribution >= 0.6 is 11.6 Å². The van der Waals surface area contributed by atoms with E-state index >= 15 is 0 Å². The maximum Gasteiger partial charge on any atom is 0.318 e. The molecule has 1 heterocycles. The molecule has 3 aromatic rings. The second-order valence-electron chi connectivity index (χ2n) is 9.31. The van der Waals surface area contributed by atoms with Gasteiger partial charge in [0.05, 0.1) is 37.8 Å². The summed E-state index contributed by atoms with van der Waals surface area (Å²) >= 11 is 6.17. The van der Waals surface area contributed by atoms with E-state index in [-0.39, 0.29) is 5.78 Å². The monoisotopic (exact) mass is 560 g/mol. The SMILES string of the molecule is CCNC(=O)N1C(C(N)=O)C(c2ccc(OC)c(OC)c2)C(C(=O)c2ccc(C#N)cc2)C1c1ccc(Cl)cc1. The van der Waals surface area contributed by atoms with Crippen molar-refractivity contribution in [3.05, 3.63) is 94.0 Å². The number of likely N-dealkylation sites (tertiary alicyclic amines) is 1. The summed E-state index contributed by atoms with van der Waals surface area (Å²) in [5, 5.41) is 12.5. The Kier molecular flexibility index (Phi) is 8.61. The average molecular weight is 561 g/mol. The number of hydrogen-bond donors (Lipinski definition) is 2. The minimum absolute atomic E-state index is 0.295. The normalized spacial score (nSPS) is 19.9. The second-order valence-corrected chi connectivity index (χ2v) is 9.74. The van der Waals surface area contributed by atoms with Crippen molar-refractivity contribution in [1.82, 2.24) is 10.2 Å². The maximum absolute atomic E-state index is 14.4. The minimum atomic E-state index is -1.18. The van der Waals surface area contributed by atoms with Crippen LogP contribution in [0.1, 0.15) is 45.9 Å². The zero-order valence-corrected chi connectivity index (χ0v) is 23.0. The quantitative estimate of drug-likeness (QED) is 0.391. The number of benzene rings is 3. The number of nitrogens with zero attached hydrogens (tertiary/aromatic N) is 2. The molecule has 1 aliphatic heterocycles. The van der Waals surface area contributed by atoms with Crippen LogP contribution in [0.25, 0.3) is 0 Å². The lowest BCUT2D eigenvalue weighted by molar-refractivity contribution is -0.122. The topological polar surface area (TPSA) is 135 Å². The zero-order chi connectivity index (χ0) is 29.0. The molecule has 0 bridgehead atoms. The number of methoxy groups -OCH3 is 2. The van der Waals surface area contributed by atoms with Gasteiger partial charge in [-0.1, -0.05) is 41.9 Å². The third-order valence-corrected chi connectivity index (χ3v) is 7.38. The van der Waals surface area contributed by atoms with Gasteiger partial charge in [0.2, 0.25) is 5.91 Å². The van der Waals surface area contributed by atoms with Crippen molar-refractivity contribution in [2.45, 2.75) is 24.9 Å². The van der Waals surface area contributed by atoms with E-state index in [0.29, 0.717) is 45.3 Å². The van der Waals surface area contributed by atoms with E-state index in [2.05, 4.69) is 5.32 Å². The predicted molar refractivity (Wildman–Crippen MR) is 149 cm³/mol. The van der Waals surface area contributed by atoms with Crippen molar-refractivity contribution in [2.24, 2.45) is 11.7 Å². The molecule has 1 fully saturated rings. The van der Waals surface area contributed by atoms with Gasteiger partial charge in [-0.3, -0.25) is 9.59 Å². The molecule has 1 saturated heterocycles. The number of carbonyl (C=O) groups excluding carboxylic acids is 3. The molecule has 0 aromatic heterocycles. The van der Waals surface area contributed by atoms with Crippen LogP contribution in [0.5, 0.6) is 11.5 Å². The van der Waals surface area contributed by atoms with E-state index < -0.39 is 35.9 Å². The van der Waals surface area contributed by atoms with Crippen LogP contribution in [0.2, 0.25) is 5.02 Å². The standard InChI is InChI=1S/C30H29ClN4O5/c1-4-34-30(38)35-26(18-9-12-21(31)13-10-18)25(28(36)19-7-5-17(16-32)6-8-19)24(27(35)29(33)37)20-11-14-22(39-2)23(15-20)40-3/h5-15,24-27H,4H2,1-3H3,(H2,33,37)(H,34,38). The Hall–Kier alpha value is -4.55. The third kappa shape index (κ3) is 5.31. The van der Waals surface area contributed by atoms with Crippen LogP contribution < -0.4 is 20.5 Å². The molecule has 0 saturated carbocycles. The van der Waals surface area contributed by atoms with Gasteiger partial charge in [-0.05, 0) is 54.4 Å².